The molecule has 2 aromatic heterocycles. The second-order valence-electron chi connectivity index (χ2n) is 4.39. The first kappa shape index (κ1) is 13.6. The van der Waals surface area contributed by atoms with Crippen molar-refractivity contribution in [2.45, 2.75) is 0 Å². The molecule has 0 aliphatic carbocycles. The van der Waals surface area contributed by atoms with E-state index in [0.717, 1.165) is 0 Å². The van der Waals surface area contributed by atoms with Crippen LogP contribution in [0.25, 0.3) is 22.7 Å². The van der Waals surface area contributed by atoms with E-state index in [4.69, 9.17) is 21.6 Å². The molecule has 0 atom stereocenters. The molecule has 0 spiro atoms. The van der Waals surface area contributed by atoms with Crippen molar-refractivity contribution in [3.05, 3.63) is 42.6 Å². The molecule has 0 unspecified atom stereocenters. The third kappa shape index (κ3) is 2.85. The van der Waals surface area contributed by atoms with Crippen LogP contribution in [-0.4, -0.2) is 21.9 Å². The molecule has 8 heteroatoms. The number of hydrogen-bond donors (Lipinski definition) is 3. The Labute approximate surface area is 125 Å². The number of guanidine groups is 2. The Kier molecular flexibility index (Phi) is 3.40. The lowest BCUT2D eigenvalue weighted by Crippen LogP contribution is -2.26. The fourth-order valence-electron chi connectivity index (χ4n) is 1.87. The minimum atomic E-state index is -0.152. The zero-order chi connectivity index (χ0) is 15.5. The van der Waals surface area contributed by atoms with Crippen molar-refractivity contribution < 1.29 is 4.42 Å². The molecule has 0 bridgehead atoms. The maximum Gasteiger partial charge on any atom is 0.246 e. The minimum Gasteiger partial charge on any atom is -0.435 e. The van der Waals surface area contributed by atoms with Gasteiger partial charge in [0.15, 0.2) is 11.5 Å². The molecule has 0 fully saturated rings. The quantitative estimate of drug-likeness (QED) is 0.477. The van der Waals surface area contributed by atoms with Crippen LogP contribution in [0.15, 0.2) is 57.0 Å². The predicted octanol–water partition coefficient (Wildman–Crippen LogP) is 1.11. The fraction of sp³-hybridized carbons (Fsp3) is 0. The number of fused-ring (bicyclic) bond motifs is 1. The highest BCUT2D eigenvalue weighted by atomic mass is 16.3. The van der Waals surface area contributed by atoms with Crippen molar-refractivity contribution in [2.75, 3.05) is 0 Å². The normalized spacial score (nSPS) is 11.5. The van der Waals surface area contributed by atoms with Crippen molar-refractivity contribution in [2.24, 2.45) is 27.2 Å². The van der Waals surface area contributed by atoms with Crippen LogP contribution in [0.5, 0.6) is 0 Å². The van der Waals surface area contributed by atoms with Gasteiger partial charge in [-0.15, -0.1) is 0 Å². The molecular formula is C14H13N7O. The zero-order valence-electron chi connectivity index (χ0n) is 11.5. The van der Waals surface area contributed by atoms with Crippen molar-refractivity contribution in [3.63, 3.8) is 0 Å². The number of oxazole rings is 1. The van der Waals surface area contributed by atoms with Crippen LogP contribution in [0.1, 0.15) is 0 Å². The van der Waals surface area contributed by atoms with E-state index < -0.39 is 0 Å². The molecule has 0 saturated carbocycles. The highest BCUT2D eigenvalue weighted by molar-refractivity contribution is 5.94. The van der Waals surface area contributed by atoms with Crippen LogP contribution in [0.3, 0.4) is 0 Å². The molecule has 2 heterocycles. The Morgan fingerprint density at radius 2 is 1.95 bits per heavy atom. The fourth-order valence-corrected chi connectivity index (χ4v) is 1.87. The van der Waals surface area contributed by atoms with Gasteiger partial charge < -0.3 is 21.6 Å². The summed E-state index contributed by atoms with van der Waals surface area (Å²) < 4.78 is 5.66. The number of rotatable bonds is 2. The minimum absolute atomic E-state index is 0.0344. The van der Waals surface area contributed by atoms with Gasteiger partial charge in [0.1, 0.15) is 11.2 Å². The summed E-state index contributed by atoms with van der Waals surface area (Å²) in [4.78, 5) is 16.3. The van der Waals surface area contributed by atoms with E-state index in [2.05, 4.69) is 20.0 Å². The predicted molar refractivity (Wildman–Crippen MR) is 84.3 cm³/mol. The van der Waals surface area contributed by atoms with Crippen LogP contribution in [-0.2, 0) is 0 Å². The summed E-state index contributed by atoms with van der Waals surface area (Å²) in [6.45, 7) is 0. The Morgan fingerprint density at radius 1 is 1.09 bits per heavy atom. The molecule has 3 aromatic rings. The molecule has 3 rings (SSSR count). The second-order valence-corrected chi connectivity index (χ2v) is 4.39. The van der Waals surface area contributed by atoms with Gasteiger partial charge in [0.25, 0.3) is 0 Å². The van der Waals surface area contributed by atoms with Gasteiger partial charge in [0.05, 0.1) is 5.69 Å². The average Bonchev–Trinajstić information content (AvgIpc) is 2.90. The highest BCUT2D eigenvalue weighted by Gasteiger charge is 2.09. The first-order valence-electron chi connectivity index (χ1n) is 6.37. The van der Waals surface area contributed by atoms with E-state index in [1.165, 1.54) is 0 Å². The van der Waals surface area contributed by atoms with Gasteiger partial charge >= 0.3 is 0 Å². The van der Waals surface area contributed by atoms with Gasteiger partial charge in [0.2, 0.25) is 11.9 Å². The third-order valence-corrected chi connectivity index (χ3v) is 2.74. The average molecular weight is 295 g/mol. The number of nitrogens with two attached hydrogens (primary N) is 3. The lowest BCUT2D eigenvalue weighted by atomic mass is 10.3. The lowest BCUT2D eigenvalue weighted by molar-refractivity contribution is 0.617. The monoisotopic (exact) mass is 295 g/mol. The van der Waals surface area contributed by atoms with E-state index in [9.17, 15) is 0 Å². The van der Waals surface area contributed by atoms with Gasteiger partial charge in [0, 0.05) is 6.20 Å². The molecule has 1 aromatic carbocycles. The standard InChI is InChI=1S/C14H13N7O/c15-13(16)21-14(17)19-8-4-5-11-10(7-8)20-12(22-11)9-3-1-2-6-18-9/h1-7H,(H6,15,16,17,19,21). The number of aromatic nitrogens is 2. The number of nitrogens with zero attached hydrogens (tertiary/aromatic N) is 4. The summed E-state index contributed by atoms with van der Waals surface area (Å²) in [7, 11) is 0. The number of aliphatic imine (C=N–C) groups is 2. The summed E-state index contributed by atoms with van der Waals surface area (Å²) in [6.07, 6.45) is 1.68. The van der Waals surface area contributed by atoms with Crippen LogP contribution >= 0.6 is 0 Å². The number of hydrogen-bond acceptors (Lipinski definition) is 4. The second kappa shape index (κ2) is 5.52. The Hall–Kier alpha value is -3.42. The molecule has 22 heavy (non-hydrogen) atoms. The number of pyridine rings is 1. The van der Waals surface area contributed by atoms with E-state index in [0.29, 0.717) is 28.4 Å². The zero-order valence-corrected chi connectivity index (χ0v) is 11.5. The summed E-state index contributed by atoms with van der Waals surface area (Å²) in [5, 5.41) is 0. The van der Waals surface area contributed by atoms with Gasteiger partial charge in [-0.3, -0.25) is 4.98 Å². The van der Waals surface area contributed by atoms with Crippen molar-refractivity contribution in [3.8, 4) is 11.6 Å². The first-order valence-corrected chi connectivity index (χ1v) is 6.37. The van der Waals surface area contributed by atoms with E-state index in [-0.39, 0.29) is 11.9 Å². The topological polar surface area (TPSA) is 142 Å². The van der Waals surface area contributed by atoms with Crippen LogP contribution in [0, 0.1) is 0 Å². The highest BCUT2D eigenvalue weighted by Crippen LogP contribution is 2.26. The van der Waals surface area contributed by atoms with Crippen molar-refractivity contribution >= 4 is 28.7 Å². The maximum absolute atomic E-state index is 5.66. The van der Waals surface area contributed by atoms with Gasteiger partial charge in [-0.1, -0.05) is 6.07 Å². The largest absolute Gasteiger partial charge is 0.435 e. The first-order chi connectivity index (χ1) is 10.6. The summed E-state index contributed by atoms with van der Waals surface area (Å²) >= 11 is 0. The third-order valence-electron chi connectivity index (χ3n) is 2.74. The molecule has 0 radical (unpaired) electrons. The van der Waals surface area contributed by atoms with Crippen LogP contribution in [0.2, 0.25) is 0 Å². The smallest absolute Gasteiger partial charge is 0.246 e. The molecule has 6 N–H and O–H groups in total. The maximum atomic E-state index is 5.66. The van der Waals surface area contributed by atoms with E-state index in [1.807, 2.05) is 18.2 Å². The molecule has 0 aliphatic rings. The van der Waals surface area contributed by atoms with Gasteiger partial charge in [-0.2, -0.15) is 4.99 Å². The van der Waals surface area contributed by atoms with Crippen LogP contribution < -0.4 is 17.2 Å². The summed E-state index contributed by atoms with van der Waals surface area (Å²) in [5.74, 6) is 0.253. The SMILES string of the molecule is NC(N)=NC(N)=Nc1ccc2oc(-c3ccccn3)nc2c1. The van der Waals surface area contributed by atoms with Crippen molar-refractivity contribution in [1.29, 1.82) is 0 Å². The number of benzene rings is 1. The molecule has 0 aliphatic heterocycles. The summed E-state index contributed by atoms with van der Waals surface area (Å²) in [6, 6.07) is 10.7. The van der Waals surface area contributed by atoms with Gasteiger partial charge in [-0.25, -0.2) is 9.98 Å². The molecule has 110 valence electrons. The molecule has 0 saturated heterocycles. The van der Waals surface area contributed by atoms with Crippen molar-refractivity contribution in [1.82, 2.24) is 9.97 Å². The molecular weight excluding hydrogens is 282 g/mol. The molecule has 8 nitrogen and oxygen atoms in total. The Morgan fingerprint density at radius 3 is 2.68 bits per heavy atom. The van der Waals surface area contributed by atoms with E-state index >= 15 is 0 Å². The van der Waals surface area contributed by atoms with E-state index in [1.54, 1.807) is 24.4 Å². The summed E-state index contributed by atoms with van der Waals surface area (Å²) in [5.41, 5.74) is 18.6. The molecule has 0 amide bonds. The van der Waals surface area contributed by atoms with Crippen LogP contribution in [0.4, 0.5) is 5.69 Å². The lowest BCUT2D eigenvalue weighted by Gasteiger charge is -1.95. The Balaban J connectivity index is 1.99. The van der Waals surface area contributed by atoms with Gasteiger partial charge in [-0.05, 0) is 30.3 Å². The Bertz CT molecular complexity index is 863.